The third-order valence-corrected chi connectivity index (χ3v) is 5.68. The van der Waals surface area contributed by atoms with Crippen molar-refractivity contribution in [2.75, 3.05) is 40.3 Å². The summed E-state index contributed by atoms with van der Waals surface area (Å²) in [5.74, 6) is 1.46. The summed E-state index contributed by atoms with van der Waals surface area (Å²) in [7, 11) is 3.40. The van der Waals surface area contributed by atoms with Crippen LogP contribution >= 0.6 is 0 Å². The van der Waals surface area contributed by atoms with Crippen molar-refractivity contribution >= 4 is 11.9 Å². The molecule has 0 bridgehead atoms. The summed E-state index contributed by atoms with van der Waals surface area (Å²) in [5.41, 5.74) is 0.626. The Morgan fingerprint density at radius 1 is 1.14 bits per heavy atom. The van der Waals surface area contributed by atoms with Crippen LogP contribution in [0.25, 0.3) is 0 Å². The molecule has 1 atom stereocenters. The first kappa shape index (κ1) is 20.5. The third-order valence-electron chi connectivity index (χ3n) is 5.68. The second-order valence-electron chi connectivity index (χ2n) is 7.55. The smallest absolute Gasteiger partial charge is 0.251 e. The summed E-state index contributed by atoms with van der Waals surface area (Å²) in [4.78, 5) is 19.1. The molecule has 1 aliphatic heterocycles. The molecular weight excluding hydrogens is 354 g/mol. The molecule has 154 valence electrons. The average Bonchev–Trinajstić information content (AvgIpc) is 3.42. The minimum absolute atomic E-state index is 0.0876. The van der Waals surface area contributed by atoms with Gasteiger partial charge in [0.1, 0.15) is 5.75 Å². The highest BCUT2D eigenvalue weighted by atomic mass is 16.5. The molecule has 1 aromatic carbocycles. The van der Waals surface area contributed by atoms with Gasteiger partial charge in [0.05, 0.1) is 7.11 Å². The van der Waals surface area contributed by atoms with Gasteiger partial charge in [-0.15, -0.1) is 0 Å². The number of aliphatic imine (C=N–C) groups is 1. The SMILES string of the molecule is CN=C(NCCNC(=O)c1ccc(OC)cc1)NC1CCN(C2CCCC2)C1. The van der Waals surface area contributed by atoms with Crippen molar-refractivity contribution in [2.45, 2.75) is 44.2 Å². The van der Waals surface area contributed by atoms with Crippen LogP contribution < -0.4 is 20.7 Å². The van der Waals surface area contributed by atoms with E-state index in [1.54, 1.807) is 38.4 Å². The molecule has 2 aliphatic rings. The summed E-state index contributed by atoms with van der Waals surface area (Å²) in [6.45, 7) is 3.43. The largest absolute Gasteiger partial charge is 0.497 e. The van der Waals surface area contributed by atoms with Gasteiger partial charge in [-0.3, -0.25) is 14.7 Å². The van der Waals surface area contributed by atoms with Crippen LogP contribution in [0.2, 0.25) is 0 Å². The van der Waals surface area contributed by atoms with Crippen molar-refractivity contribution in [3.05, 3.63) is 29.8 Å². The Morgan fingerprint density at radius 2 is 1.86 bits per heavy atom. The number of rotatable bonds is 7. The third kappa shape index (κ3) is 5.61. The molecule has 1 saturated carbocycles. The molecule has 2 fully saturated rings. The van der Waals surface area contributed by atoms with E-state index in [1.165, 1.54) is 32.2 Å². The number of benzene rings is 1. The van der Waals surface area contributed by atoms with E-state index >= 15 is 0 Å². The predicted molar refractivity (Wildman–Crippen MR) is 112 cm³/mol. The molecule has 1 aromatic rings. The number of hydrogen-bond donors (Lipinski definition) is 3. The van der Waals surface area contributed by atoms with Gasteiger partial charge in [0.15, 0.2) is 5.96 Å². The summed E-state index contributed by atoms with van der Waals surface area (Å²) < 4.78 is 5.11. The van der Waals surface area contributed by atoms with Crippen LogP contribution in [0.15, 0.2) is 29.3 Å². The molecule has 7 nitrogen and oxygen atoms in total. The number of guanidine groups is 1. The van der Waals surface area contributed by atoms with Crippen LogP contribution in [-0.4, -0.2) is 69.2 Å². The molecule has 7 heteroatoms. The number of nitrogens with one attached hydrogen (secondary N) is 3. The Morgan fingerprint density at radius 3 is 2.54 bits per heavy atom. The normalized spacial score (nSPS) is 20.9. The standard InChI is InChI=1S/C21H33N5O2/c1-22-21(25-17-11-14-26(15-17)18-5-3-4-6-18)24-13-12-23-20(27)16-7-9-19(28-2)10-8-16/h7-10,17-18H,3-6,11-15H2,1-2H3,(H,23,27)(H2,22,24,25). The number of likely N-dealkylation sites (tertiary alicyclic amines) is 1. The van der Waals surface area contributed by atoms with Crippen molar-refractivity contribution < 1.29 is 9.53 Å². The molecule has 28 heavy (non-hydrogen) atoms. The Bertz CT molecular complexity index is 655. The lowest BCUT2D eigenvalue weighted by atomic mass is 10.2. The number of carbonyl (C=O) groups is 1. The molecule has 1 unspecified atom stereocenters. The highest BCUT2D eigenvalue weighted by molar-refractivity contribution is 5.94. The zero-order chi connectivity index (χ0) is 19.8. The monoisotopic (exact) mass is 387 g/mol. The van der Waals surface area contributed by atoms with Crippen LogP contribution in [0, 0.1) is 0 Å². The molecular formula is C21H33N5O2. The molecule has 1 amide bonds. The van der Waals surface area contributed by atoms with Gasteiger partial charge in [-0.1, -0.05) is 12.8 Å². The van der Waals surface area contributed by atoms with Crippen molar-refractivity contribution in [3.8, 4) is 5.75 Å². The Hall–Kier alpha value is -2.28. The minimum atomic E-state index is -0.0876. The van der Waals surface area contributed by atoms with Gasteiger partial charge < -0.3 is 20.7 Å². The first-order valence-corrected chi connectivity index (χ1v) is 10.3. The maximum absolute atomic E-state index is 12.2. The van der Waals surface area contributed by atoms with Crippen molar-refractivity contribution in [1.29, 1.82) is 0 Å². The summed E-state index contributed by atoms with van der Waals surface area (Å²) in [6, 6.07) is 8.33. The van der Waals surface area contributed by atoms with Crippen molar-refractivity contribution in [1.82, 2.24) is 20.9 Å². The van der Waals surface area contributed by atoms with Crippen LogP contribution in [0.1, 0.15) is 42.5 Å². The van der Waals surface area contributed by atoms with Gasteiger partial charge >= 0.3 is 0 Å². The van der Waals surface area contributed by atoms with E-state index in [4.69, 9.17) is 4.74 Å². The Kier molecular flexibility index (Phi) is 7.54. The number of nitrogens with zero attached hydrogens (tertiary/aromatic N) is 2. The van der Waals surface area contributed by atoms with E-state index in [9.17, 15) is 4.79 Å². The number of carbonyl (C=O) groups excluding carboxylic acids is 1. The Labute approximate surface area is 167 Å². The van der Waals surface area contributed by atoms with Gasteiger partial charge in [-0.2, -0.15) is 0 Å². The molecule has 3 rings (SSSR count). The first-order chi connectivity index (χ1) is 13.7. The summed E-state index contributed by atoms with van der Waals surface area (Å²) >= 11 is 0. The van der Waals surface area contributed by atoms with E-state index in [0.717, 1.165) is 30.7 Å². The van der Waals surface area contributed by atoms with Crippen LogP contribution in [0.4, 0.5) is 0 Å². The van der Waals surface area contributed by atoms with E-state index < -0.39 is 0 Å². The topological polar surface area (TPSA) is 78.0 Å². The van der Waals surface area contributed by atoms with Gasteiger partial charge in [0.2, 0.25) is 0 Å². The average molecular weight is 388 g/mol. The Balaban J connectivity index is 1.34. The van der Waals surface area contributed by atoms with E-state index in [1.807, 2.05) is 0 Å². The van der Waals surface area contributed by atoms with E-state index in [-0.39, 0.29) is 5.91 Å². The maximum atomic E-state index is 12.2. The minimum Gasteiger partial charge on any atom is -0.497 e. The summed E-state index contributed by atoms with van der Waals surface area (Å²) in [5, 5.41) is 9.73. The van der Waals surface area contributed by atoms with Gasteiger partial charge in [-0.05, 0) is 43.5 Å². The number of ether oxygens (including phenoxy) is 1. The fourth-order valence-electron chi connectivity index (χ4n) is 4.10. The molecule has 1 heterocycles. The number of methoxy groups -OCH3 is 1. The maximum Gasteiger partial charge on any atom is 0.251 e. The van der Waals surface area contributed by atoms with Gasteiger partial charge in [-0.25, -0.2) is 0 Å². The first-order valence-electron chi connectivity index (χ1n) is 10.3. The second kappa shape index (κ2) is 10.3. The fraction of sp³-hybridized carbons (Fsp3) is 0.619. The molecule has 0 spiro atoms. The van der Waals surface area contributed by atoms with Crippen molar-refractivity contribution in [2.24, 2.45) is 4.99 Å². The van der Waals surface area contributed by atoms with E-state index in [0.29, 0.717) is 24.7 Å². The molecule has 1 aliphatic carbocycles. The number of amides is 1. The molecule has 3 N–H and O–H groups in total. The fourth-order valence-corrected chi connectivity index (χ4v) is 4.10. The second-order valence-corrected chi connectivity index (χ2v) is 7.55. The lowest BCUT2D eigenvalue weighted by Crippen LogP contribution is -2.47. The lowest BCUT2D eigenvalue weighted by molar-refractivity contribution is 0.0954. The van der Waals surface area contributed by atoms with Crippen molar-refractivity contribution in [3.63, 3.8) is 0 Å². The molecule has 0 radical (unpaired) electrons. The van der Waals surface area contributed by atoms with Gasteiger partial charge in [0.25, 0.3) is 5.91 Å². The molecule has 0 aromatic heterocycles. The van der Waals surface area contributed by atoms with Crippen LogP contribution in [0.3, 0.4) is 0 Å². The quantitative estimate of drug-likeness (QED) is 0.376. The zero-order valence-electron chi connectivity index (χ0n) is 17.0. The van der Waals surface area contributed by atoms with Crippen LogP contribution in [0.5, 0.6) is 5.75 Å². The zero-order valence-corrected chi connectivity index (χ0v) is 17.0. The van der Waals surface area contributed by atoms with Gasteiger partial charge in [0, 0.05) is 50.9 Å². The number of hydrogen-bond acceptors (Lipinski definition) is 4. The predicted octanol–water partition coefficient (Wildman–Crippen LogP) is 1.61. The highest BCUT2D eigenvalue weighted by Crippen LogP contribution is 2.26. The highest BCUT2D eigenvalue weighted by Gasteiger charge is 2.30. The molecule has 1 saturated heterocycles. The van der Waals surface area contributed by atoms with Crippen LogP contribution in [-0.2, 0) is 0 Å². The summed E-state index contributed by atoms with van der Waals surface area (Å²) in [6.07, 6.45) is 6.63. The lowest BCUT2D eigenvalue weighted by Gasteiger charge is -2.24. The van der Waals surface area contributed by atoms with E-state index in [2.05, 4.69) is 25.8 Å².